The molecular weight excluding hydrogens is 293 g/mol. The monoisotopic (exact) mass is 302 g/mol. The standard InChI is InChI=1S/C16H9F3N2O/c17-10-3-1-9(2-4-10)16(22)21-14-5-6-20-15-12(14)7-11(18)8-13(15)19/h1-8H,(H,20,21,22). The van der Waals surface area contributed by atoms with Crippen molar-refractivity contribution in [3.63, 3.8) is 0 Å². The highest BCUT2D eigenvalue weighted by Gasteiger charge is 2.12. The Hall–Kier alpha value is -2.89. The fraction of sp³-hybridized carbons (Fsp3) is 0. The first-order chi connectivity index (χ1) is 10.5. The van der Waals surface area contributed by atoms with Crippen molar-refractivity contribution in [2.45, 2.75) is 0 Å². The number of rotatable bonds is 2. The Bertz CT molecular complexity index is 863. The average Bonchev–Trinajstić information content (AvgIpc) is 2.48. The first-order valence-corrected chi connectivity index (χ1v) is 6.35. The minimum Gasteiger partial charge on any atom is -0.321 e. The van der Waals surface area contributed by atoms with E-state index in [9.17, 15) is 18.0 Å². The first kappa shape index (κ1) is 14.1. The zero-order chi connectivity index (χ0) is 15.7. The van der Waals surface area contributed by atoms with E-state index in [4.69, 9.17) is 0 Å². The third-order valence-corrected chi connectivity index (χ3v) is 3.12. The summed E-state index contributed by atoms with van der Waals surface area (Å²) in [5.41, 5.74) is 0.402. The number of hydrogen-bond donors (Lipinski definition) is 1. The highest BCUT2D eigenvalue weighted by atomic mass is 19.1. The summed E-state index contributed by atoms with van der Waals surface area (Å²) in [6, 6.07) is 8.18. The second kappa shape index (κ2) is 5.48. The maximum atomic E-state index is 13.7. The summed E-state index contributed by atoms with van der Waals surface area (Å²) >= 11 is 0. The molecule has 3 aromatic rings. The highest BCUT2D eigenvalue weighted by molar-refractivity contribution is 6.08. The second-order valence-electron chi connectivity index (χ2n) is 4.60. The van der Waals surface area contributed by atoms with Crippen LogP contribution >= 0.6 is 0 Å². The van der Waals surface area contributed by atoms with Gasteiger partial charge < -0.3 is 5.32 Å². The lowest BCUT2D eigenvalue weighted by atomic mass is 10.1. The molecule has 3 nitrogen and oxygen atoms in total. The zero-order valence-corrected chi connectivity index (χ0v) is 11.1. The van der Waals surface area contributed by atoms with Gasteiger partial charge in [0.1, 0.15) is 17.2 Å². The molecule has 0 aliphatic carbocycles. The predicted molar refractivity (Wildman–Crippen MR) is 76.0 cm³/mol. The highest BCUT2D eigenvalue weighted by Crippen LogP contribution is 2.25. The van der Waals surface area contributed by atoms with Gasteiger partial charge in [0.15, 0.2) is 5.82 Å². The molecule has 0 aliphatic heterocycles. The van der Waals surface area contributed by atoms with Gasteiger partial charge in [0.25, 0.3) is 5.91 Å². The van der Waals surface area contributed by atoms with Crippen LogP contribution < -0.4 is 5.32 Å². The van der Waals surface area contributed by atoms with E-state index in [1.54, 1.807) is 0 Å². The number of hydrogen-bond acceptors (Lipinski definition) is 2. The minimum absolute atomic E-state index is 0.0432. The van der Waals surface area contributed by atoms with Crippen LogP contribution in [0.5, 0.6) is 0 Å². The molecule has 0 bridgehead atoms. The summed E-state index contributed by atoms with van der Waals surface area (Å²) in [5, 5.41) is 2.69. The summed E-state index contributed by atoms with van der Waals surface area (Å²) in [6.07, 6.45) is 1.31. The summed E-state index contributed by atoms with van der Waals surface area (Å²) < 4.78 is 39.9. The molecule has 0 aliphatic rings. The average molecular weight is 302 g/mol. The third-order valence-electron chi connectivity index (χ3n) is 3.12. The molecule has 0 saturated carbocycles. The van der Waals surface area contributed by atoms with Crippen molar-refractivity contribution in [2.75, 3.05) is 5.32 Å². The molecule has 0 radical (unpaired) electrons. The molecule has 1 amide bonds. The Morgan fingerprint density at radius 1 is 0.955 bits per heavy atom. The van der Waals surface area contributed by atoms with Crippen molar-refractivity contribution in [2.24, 2.45) is 0 Å². The molecule has 0 atom stereocenters. The molecule has 1 heterocycles. The zero-order valence-electron chi connectivity index (χ0n) is 11.1. The van der Waals surface area contributed by atoms with Crippen LogP contribution in [-0.4, -0.2) is 10.9 Å². The Kier molecular flexibility index (Phi) is 3.50. The largest absolute Gasteiger partial charge is 0.321 e. The first-order valence-electron chi connectivity index (χ1n) is 6.35. The number of benzene rings is 2. The van der Waals surface area contributed by atoms with E-state index in [-0.39, 0.29) is 22.2 Å². The van der Waals surface area contributed by atoms with Crippen LogP contribution in [0.15, 0.2) is 48.7 Å². The smallest absolute Gasteiger partial charge is 0.255 e. The maximum Gasteiger partial charge on any atom is 0.255 e. The lowest BCUT2D eigenvalue weighted by Crippen LogP contribution is -2.12. The molecule has 22 heavy (non-hydrogen) atoms. The fourth-order valence-electron chi connectivity index (χ4n) is 2.08. The number of anilines is 1. The van der Waals surface area contributed by atoms with Gasteiger partial charge in [-0.05, 0) is 36.4 Å². The Morgan fingerprint density at radius 2 is 1.68 bits per heavy atom. The SMILES string of the molecule is O=C(Nc1ccnc2c(F)cc(F)cc12)c1ccc(F)cc1. The van der Waals surface area contributed by atoms with Gasteiger partial charge in [-0.1, -0.05) is 0 Å². The van der Waals surface area contributed by atoms with Crippen LogP contribution in [-0.2, 0) is 0 Å². The molecular formula is C16H9F3N2O. The number of carbonyl (C=O) groups is 1. The summed E-state index contributed by atoms with van der Waals surface area (Å²) in [4.78, 5) is 15.9. The van der Waals surface area contributed by atoms with E-state index in [1.165, 1.54) is 24.4 Å². The van der Waals surface area contributed by atoms with Crippen molar-refractivity contribution in [1.82, 2.24) is 4.98 Å². The summed E-state index contributed by atoms with van der Waals surface area (Å²) in [6.45, 7) is 0. The fourth-order valence-corrected chi connectivity index (χ4v) is 2.08. The Balaban J connectivity index is 2.00. The Labute approximate surface area is 123 Å². The number of aromatic nitrogens is 1. The van der Waals surface area contributed by atoms with Crippen LogP contribution in [0.3, 0.4) is 0 Å². The van der Waals surface area contributed by atoms with Crippen LogP contribution in [0, 0.1) is 17.5 Å². The van der Waals surface area contributed by atoms with Gasteiger partial charge in [-0.15, -0.1) is 0 Å². The molecule has 6 heteroatoms. The predicted octanol–water partition coefficient (Wildman–Crippen LogP) is 3.90. The van der Waals surface area contributed by atoms with Gasteiger partial charge in [-0.25, -0.2) is 13.2 Å². The van der Waals surface area contributed by atoms with Crippen molar-refractivity contribution in [1.29, 1.82) is 0 Å². The molecule has 0 spiro atoms. The lowest BCUT2D eigenvalue weighted by Gasteiger charge is -2.09. The van der Waals surface area contributed by atoms with Gasteiger partial charge in [0.2, 0.25) is 0 Å². The number of halogens is 3. The van der Waals surface area contributed by atoms with E-state index in [2.05, 4.69) is 10.3 Å². The van der Waals surface area contributed by atoms with Gasteiger partial charge in [0.05, 0.1) is 5.69 Å². The van der Waals surface area contributed by atoms with E-state index >= 15 is 0 Å². The van der Waals surface area contributed by atoms with E-state index in [0.717, 1.165) is 24.3 Å². The minimum atomic E-state index is -0.812. The second-order valence-corrected chi connectivity index (χ2v) is 4.60. The lowest BCUT2D eigenvalue weighted by molar-refractivity contribution is 0.102. The van der Waals surface area contributed by atoms with Gasteiger partial charge in [-0.2, -0.15) is 0 Å². The molecule has 0 unspecified atom stereocenters. The maximum absolute atomic E-state index is 13.7. The topological polar surface area (TPSA) is 42.0 Å². The summed E-state index contributed by atoms with van der Waals surface area (Å²) in [7, 11) is 0. The van der Waals surface area contributed by atoms with E-state index in [1.807, 2.05) is 0 Å². The van der Waals surface area contributed by atoms with Crippen molar-refractivity contribution in [3.05, 3.63) is 71.7 Å². The number of nitrogens with one attached hydrogen (secondary N) is 1. The van der Waals surface area contributed by atoms with Crippen molar-refractivity contribution < 1.29 is 18.0 Å². The van der Waals surface area contributed by atoms with Crippen molar-refractivity contribution in [3.8, 4) is 0 Å². The van der Waals surface area contributed by atoms with Gasteiger partial charge in [-0.3, -0.25) is 9.78 Å². The van der Waals surface area contributed by atoms with Gasteiger partial charge >= 0.3 is 0 Å². The molecule has 0 saturated heterocycles. The molecule has 3 rings (SSSR count). The number of carbonyl (C=O) groups excluding carboxylic acids is 1. The van der Waals surface area contributed by atoms with Crippen LogP contribution in [0.4, 0.5) is 18.9 Å². The third kappa shape index (κ3) is 2.63. The Morgan fingerprint density at radius 3 is 2.41 bits per heavy atom. The number of pyridine rings is 1. The number of fused-ring (bicyclic) bond motifs is 1. The number of amides is 1. The van der Waals surface area contributed by atoms with Crippen LogP contribution in [0.2, 0.25) is 0 Å². The van der Waals surface area contributed by atoms with Crippen molar-refractivity contribution >= 4 is 22.5 Å². The molecule has 0 fully saturated rings. The quantitative estimate of drug-likeness (QED) is 0.780. The molecule has 1 N–H and O–H groups in total. The summed E-state index contributed by atoms with van der Waals surface area (Å²) in [5.74, 6) is -2.56. The van der Waals surface area contributed by atoms with Crippen LogP contribution in [0.25, 0.3) is 10.9 Å². The van der Waals surface area contributed by atoms with Gasteiger partial charge in [0, 0.05) is 23.2 Å². The van der Waals surface area contributed by atoms with E-state index < -0.39 is 23.4 Å². The molecule has 1 aromatic heterocycles. The number of nitrogens with zero attached hydrogens (tertiary/aromatic N) is 1. The molecule has 110 valence electrons. The van der Waals surface area contributed by atoms with E-state index in [0.29, 0.717) is 0 Å². The molecule has 2 aromatic carbocycles. The van der Waals surface area contributed by atoms with Crippen LogP contribution in [0.1, 0.15) is 10.4 Å². The normalized spacial score (nSPS) is 10.7.